The standard InChI is InChI=1S/C20H20N4O3S/c1-25-15-8-12(9-16(26-2)18(15)27-3)19-22-11-23-24(19)20-14(10-21)13-6-4-5-7-17(13)28-20/h8-9,11H,4-7H2,1-3H3. The molecule has 1 aliphatic carbocycles. The van der Waals surface area contributed by atoms with Crippen LogP contribution in [0.1, 0.15) is 28.8 Å². The van der Waals surface area contributed by atoms with E-state index in [0.717, 1.165) is 36.2 Å². The highest BCUT2D eigenvalue weighted by Gasteiger charge is 2.25. The van der Waals surface area contributed by atoms with Crippen molar-refractivity contribution in [2.75, 3.05) is 21.3 Å². The topological polar surface area (TPSA) is 82.2 Å². The molecule has 0 N–H and O–H groups in total. The molecular formula is C20H20N4O3S. The van der Waals surface area contributed by atoms with Gasteiger partial charge in [0, 0.05) is 10.4 Å². The summed E-state index contributed by atoms with van der Waals surface area (Å²) in [6.45, 7) is 0. The molecule has 2 heterocycles. The smallest absolute Gasteiger partial charge is 0.203 e. The van der Waals surface area contributed by atoms with Crippen LogP contribution in [-0.4, -0.2) is 36.1 Å². The molecule has 0 atom stereocenters. The fourth-order valence-corrected chi connectivity index (χ4v) is 4.91. The molecule has 3 aromatic rings. The van der Waals surface area contributed by atoms with Gasteiger partial charge < -0.3 is 14.2 Å². The van der Waals surface area contributed by atoms with Crippen LogP contribution in [0.25, 0.3) is 16.4 Å². The van der Waals surface area contributed by atoms with E-state index in [2.05, 4.69) is 16.2 Å². The molecule has 0 saturated carbocycles. The predicted molar refractivity (Wildman–Crippen MR) is 106 cm³/mol. The molecule has 2 aromatic heterocycles. The summed E-state index contributed by atoms with van der Waals surface area (Å²) in [6, 6.07) is 6.06. The molecule has 0 amide bonds. The van der Waals surface area contributed by atoms with Crippen LogP contribution in [0.4, 0.5) is 0 Å². The zero-order chi connectivity index (χ0) is 19.7. The Bertz CT molecular complexity index is 1040. The first-order valence-corrected chi connectivity index (χ1v) is 9.78. The van der Waals surface area contributed by atoms with Crippen molar-refractivity contribution in [3.8, 4) is 39.7 Å². The Morgan fingerprint density at radius 1 is 1.07 bits per heavy atom. The number of ether oxygens (including phenoxy) is 3. The molecule has 1 aliphatic rings. The molecule has 0 fully saturated rings. The average molecular weight is 396 g/mol. The summed E-state index contributed by atoms with van der Waals surface area (Å²) in [5.74, 6) is 2.22. The van der Waals surface area contributed by atoms with Gasteiger partial charge in [-0.05, 0) is 43.4 Å². The van der Waals surface area contributed by atoms with Crippen molar-refractivity contribution in [1.29, 1.82) is 5.26 Å². The molecule has 0 unspecified atom stereocenters. The van der Waals surface area contributed by atoms with Gasteiger partial charge in [0.15, 0.2) is 17.3 Å². The zero-order valence-electron chi connectivity index (χ0n) is 16.0. The Kier molecular flexibility index (Phi) is 4.92. The van der Waals surface area contributed by atoms with Gasteiger partial charge in [0.05, 0.1) is 26.9 Å². The quantitative estimate of drug-likeness (QED) is 0.653. The maximum Gasteiger partial charge on any atom is 0.203 e. The first kappa shape index (κ1) is 18.3. The lowest BCUT2D eigenvalue weighted by atomic mass is 9.96. The molecule has 0 radical (unpaired) electrons. The number of thiophene rings is 1. The largest absolute Gasteiger partial charge is 0.493 e. The Balaban J connectivity index is 1.88. The van der Waals surface area contributed by atoms with Gasteiger partial charge in [0.1, 0.15) is 17.4 Å². The van der Waals surface area contributed by atoms with E-state index in [1.807, 2.05) is 12.1 Å². The van der Waals surface area contributed by atoms with Gasteiger partial charge in [-0.15, -0.1) is 11.3 Å². The van der Waals surface area contributed by atoms with Gasteiger partial charge in [-0.2, -0.15) is 10.4 Å². The first-order valence-electron chi connectivity index (χ1n) is 8.97. The third kappa shape index (κ3) is 2.88. The van der Waals surface area contributed by atoms with E-state index in [0.29, 0.717) is 28.6 Å². The second-order valence-electron chi connectivity index (χ2n) is 6.41. The summed E-state index contributed by atoms with van der Waals surface area (Å²) in [4.78, 5) is 5.73. The number of hydrogen-bond donors (Lipinski definition) is 0. The fraction of sp³-hybridized carbons (Fsp3) is 0.350. The number of nitrogens with zero attached hydrogens (tertiary/aromatic N) is 4. The number of fused-ring (bicyclic) bond motifs is 1. The lowest BCUT2D eigenvalue weighted by Gasteiger charge is -2.14. The van der Waals surface area contributed by atoms with Crippen LogP contribution in [0.2, 0.25) is 0 Å². The van der Waals surface area contributed by atoms with Crippen LogP contribution in [0, 0.1) is 11.3 Å². The highest BCUT2D eigenvalue weighted by atomic mass is 32.1. The second kappa shape index (κ2) is 7.52. The van der Waals surface area contributed by atoms with Crippen molar-refractivity contribution in [1.82, 2.24) is 14.8 Å². The number of hydrogen-bond acceptors (Lipinski definition) is 7. The van der Waals surface area contributed by atoms with Crippen molar-refractivity contribution < 1.29 is 14.2 Å². The van der Waals surface area contributed by atoms with Crippen molar-refractivity contribution >= 4 is 11.3 Å². The van der Waals surface area contributed by atoms with Crippen molar-refractivity contribution in [3.63, 3.8) is 0 Å². The molecule has 0 saturated heterocycles. The molecule has 4 rings (SSSR count). The molecule has 28 heavy (non-hydrogen) atoms. The van der Waals surface area contributed by atoms with E-state index >= 15 is 0 Å². The maximum absolute atomic E-state index is 9.79. The normalized spacial score (nSPS) is 12.9. The van der Waals surface area contributed by atoms with E-state index in [1.54, 1.807) is 37.3 Å². The van der Waals surface area contributed by atoms with Gasteiger partial charge in [-0.25, -0.2) is 9.67 Å². The zero-order valence-corrected chi connectivity index (χ0v) is 16.8. The van der Waals surface area contributed by atoms with Crippen LogP contribution in [-0.2, 0) is 12.8 Å². The van der Waals surface area contributed by atoms with Crippen LogP contribution in [0.3, 0.4) is 0 Å². The van der Waals surface area contributed by atoms with Crippen molar-refractivity contribution in [2.24, 2.45) is 0 Å². The van der Waals surface area contributed by atoms with Crippen LogP contribution in [0.15, 0.2) is 18.5 Å². The number of aryl methyl sites for hydroxylation is 1. The summed E-state index contributed by atoms with van der Waals surface area (Å²) in [5, 5.41) is 15.0. The van der Waals surface area contributed by atoms with Crippen molar-refractivity contribution in [2.45, 2.75) is 25.7 Å². The number of benzene rings is 1. The molecule has 0 spiro atoms. The van der Waals surface area contributed by atoms with E-state index in [4.69, 9.17) is 14.2 Å². The van der Waals surface area contributed by atoms with Crippen LogP contribution in [0.5, 0.6) is 17.2 Å². The van der Waals surface area contributed by atoms with E-state index in [9.17, 15) is 5.26 Å². The minimum atomic E-state index is 0.518. The molecule has 0 aliphatic heterocycles. The fourth-order valence-electron chi connectivity index (χ4n) is 3.61. The number of aromatic nitrogens is 3. The Labute approximate surface area is 167 Å². The number of rotatable bonds is 5. The predicted octanol–water partition coefficient (Wildman–Crippen LogP) is 3.77. The SMILES string of the molecule is COc1cc(-c2ncnn2-c2sc3c(c2C#N)CCCC3)cc(OC)c1OC. The van der Waals surface area contributed by atoms with Gasteiger partial charge in [0.25, 0.3) is 0 Å². The van der Waals surface area contributed by atoms with E-state index < -0.39 is 0 Å². The summed E-state index contributed by atoms with van der Waals surface area (Å²) in [7, 11) is 4.72. The highest BCUT2D eigenvalue weighted by molar-refractivity contribution is 7.15. The van der Waals surface area contributed by atoms with Gasteiger partial charge in [-0.1, -0.05) is 0 Å². The van der Waals surface area contributed by atoms with E-state index in [1.165, 1.54) is 16.8 Å². The second-order valence-corrected chi connectivity index (χ2v) is 7.50. The van der Waals surface area contributed by atoms with E-state index in [-0.39, 0.29) is 0 Å². The lowest BCUT2D eigenvalue weighted by molar-refractivity contribution is 0.324. The summed E-state index contributed by atoms with van der Waals surface area (Å²) < 4.78 is 18.1. The monoisotopic (exact) mass is 396 g/mol. The van der Waals surface area contributed by atoms with Gasteiger partial charge in [-0.3, -0.25) is 0 Å². The Morgan fingerprint density at radius 2 is 1.79 bits per heavy atom. The third-order valence-electron chi connectivity index (χ3n) is 4.93. The number of nitriles is 1. The molecule has 7 nitrogen and oxygen atoms in total. The first-order chi connectivity index (χ1) is 13.7. The maximum atomic E-state index is 9.79. The highest BCUT2D eigenvalue weighted by Crippen LogP contribution is 2.42. The minimum absolute atomic E-state index is 0.518. The molecule has 0 bridgehead atoms. The summed E-state index contributed by atoms with van der Waals surface area (Å²) in [6.07, 6.45) is 5.74. The van der Waals surface area contributed by atoms with Gasteiger partial charge in [0.2, 0.25) is 5.75 Å². The van der Waals surface area contributed by atoms with Crippen LogP contribution < -0.4 is 14.2 Å². The minimum Gasteiger partial charge on any atom is -0.493 e. The Morgan fingerprint density at radius 3 is 2.43 bits per heavy atom. The summed E-state index contributed by atoms with van der Waals surface area (Å²) >= 11 is 1.63. The van der Waals surface area contributed by atoms with Crippen molar-refractivity contribution in [3.05, 3.63) is 34.5 Å². The van der Waals surface area contributed by atoms with Crippen LogP contribution >= 0.6 is 11.3 Å². The molecule has 144 valence electrons. The Hall–Kier alpha value is -3.05. The molecule has 1 aromatic carbocycles. The third-order valence-corrected chi connectivity index (χ3v) is 6.19. The number of methoxy groups -OCH3 is 3. The average Bonchev–Trinajstić information content (AvgIpc) is 3.36. The van der Waals surface area contributed by atoms with Gasteiger partial charge >= 0.3 is 0 Å². The molecule has 8 heteroatoms. The summed E-state index contributed by atoms with van der Waals surface area (Å²) in [5.41, 5.74) is 2.64. The molecular weight excluding hydrogens is 376 g/mol. The lowest BCUT2D eigenvalue weighted by Crippen LogP contribution is -2.03.